The molecule has 25 heavy (non-hydrogen) atoms. The SMILES string of the molecule is CN(CC(O)Cn1c2cc(F)ccc2c2ccc(F)cc21)S(C)(=O)=O. The number of halogens is 2. The number of sulfonamides is 1. The molecule has 0 radical (unpaired) electrons. The fourth-order valence-electron chi connectivity index (χ4n) is 2.94. The van der Waals surface area contributed by atoms with Crippen LogP contribution in [0.15, 0.2) is 36.4 Å². The Morgan fingerprint density at radius 3 is 2.00 bits per heavy atom. The lowest BCUT2D eigenvalue weighted by molar-refractivity contribution is 0.137. The number of aromatic nitrogens is 1. The van der Waals surface area contributed by atoms with E-state index in [1.54, 1.807) is 16.7 Å². The van der Waals surface area contributed by atoms with Gasteiger partial charge in [0, 0.05) is 24.4 Å². The Hall–Kier alpha value is -2.03. The fourth-order valence-corrected chi connectivity index (χ4v) is 3.38. The quantitative estimate of drug-likeness (QED) is 0.752. The van der Waals surface area contributed by atoms with Crippen LogP contribution in [0.1, 0.15) is 0 Å². The van der Waals surface area contributed by atoms with Crippen LogP contribution in [0.4, 0.5) is 8.78 Å². The van der Waals surface area contributed by atoms with Crippen LogP contribution in [-0.4, -0.2) is 48.3 Å². The van der Waals surface area contributed by atoms with Gasteiger partial charge in [-0.25, -0.2) is 21.5 Å². The van der Waals surface area contributed by atoms with E-state index in [0.717, 1.165) is 21.3 Å². The molecule has 1 unspecified atom stereocenters. The minimum absolute atomic E-state index is 0.00671. The summed E-state index contributed by atoms with van der Waals surface area (Å²) < 4.78 is 53.0. The van der Waals surface area contributed by atoms with E-state index in [0.29, 0.717) is 11.0 Å². The van der Waals surface area contributed by atoms with Gasteiger partial charge in [0.25, 0.3) is 0 Å². The molecule has 8 heteroatoms. The monoisotopic (exact) mass is 368 g/mol. The summed E-state index contributed by atoms with van der Waals surface area (Å²) in [6, 6.07) is 8.50. The number of aliphatic hydroxyl groups excluding tert-OH is 1. The van der Waals surface area contributed by atoms with E-state index in [4.69, 9.17) is 0 Å². The van der Waals surface area contributed by atoms with Crippen LogP contribution >= 0.6 is 0 Å². The normalized spacial score (nSPS) is 13.8. The summed E-state index contributed by atoms with van der Waals surface area (Å²) in [6.45, 7) is -0.114. The Kier molecular flexibility index (Phi) is 4.52. The molecule has 134 valence electrons. The molecule has 2 aromatic carbocycles. The second-order valence-electron chi connectivity index (χ2n) is 6.13. The average Bonchev–Trinajstić information content (AvgIpc) is 2.79. The van der Waals surface area contributed by atoms with E-state index < -0.39 is 27.8 Å². The largest absolute Gasteiger partial charge is 0.390 e. The molecule has 1 aromatic heterocycles. The van der Waals surface area contributed by atoms with Crippen molar-refractivity contribution in [3.63, 3.8) is 0 Å². The molecular weight excluding hydrogens is 350 g/mol. The molecule has 3 aromatic rings. The second-order valence-corrected chi connectivity index (χ2v) is 8.22. The average molecular weight is 368 g/mol. The molecule has 0 saturated heterocycles. The first-order valence-corrected chi connectivity index (χ1v) is 9.48. The van der Waals surface area contributed by atoms with Crippen LogP contribution < -0.4 is 0 Å². The maximum atomic E-state index is 13.7. The summed E-state index contributed by atoms with van der Waals surface area (Å²) in [7, 11) is -2.07. The van der Waals surface area contributed by atoms with Crippen LogP contribution in [0.5, 0.6) is 0 Å². The molecule has 1 heterocycles. The zero-order chi connectivity index (χ0) is 18.4. The molecule has 5 nitrogen and oxygen atoms in total. The topological polar surface area (TPSA) is 62.5 Å². The maximum Gasteiger partial charge on any atom is 0.211 e. The van der Waals surface area contributed by atoms with Crippen LogP contribution in [0.2, 0.25) is 0 Å². The van der Waals surface area contributed by atoms with Gasteiger partial charge in [0.05, 0.1) is 29.9 Å². The van der Waals surface area contributed by atoms with Crippen molar-refractivity contribution in [2.45, 2.75) is 12.6 Å². The molecular formula is C17H18F2N2O3S. The van der Waals surface area contributed by atoms with Crippen molar-refractivity contribution in [2.75, 3.05) is 19.8 Å². The molecule has 1 N–H and O–H groups in total. The summed E-state index contributed by atoms with van der Waals surface area (Å²) in [6.07, 6.45) is 0.00958. The Bertz CT molecular complexity index is 988. The van der Waals surface area contributed by atoms with Crippen molar-refractivity contribution in [2.24, 2.45) is 0 Å². The molecule has 0 amide bonds. The van der Waals surface area contributed by atoms with Gasteiger partial charge >= 0.3 is 0 Å². The smallest absolute Gasteiger partial charge is 0.211 e. The minimum Gasteiger partial charge on any atom is -0.390 e. The van der Waals surface area contributed by atoms with Crippen LogP contribution in [0.25, 0.3) is 21.8 Å². The van der Waals surface area contributed by atoms with Crippen molar-refractivity contribution in [3.8, 4) is 0 Å². The first-order valence-electron chi connectivity index (χ1n) is 7.63. The lowest BCUT2D eigenvalue weighted by Crippen LogP contribution is -2.35. The van der Waals surface area contributed by atoms with Gasteiger partial charge in [-0.3, -0.25) is 0 Å². The van der Waals surface area contributed by atoms with Gasteiger partial charge in [-0.05, 0) is 36.4 Å². The molecule has 0 aliphatic rings. The highest BCUT2D eigenvalue weighted by molar-refractivity contribution is 7.88. The second kappa shape index (κ2) is 6.36. The standard InChI is InChI=1S/C17H18F2N2O3S/c1-20(25(2,23)24)9-13(22)10-21-16-7-11(18)3-5-14(16)15-6-4-12(19)8-17(15)21/h3-8,13,22H,9-10H2,1-2H3. The number of hydrogen-bond acceptors (Lipinski definition) is 3. The molecule has 0 aliphatic heterocycles. The predicted molar refractivity (Wildman–Crippen MR) is 92.8 cm³/mol. The van der Waals surface area contributed by atoms with Crippen molar-refractivity contribution in [1.29, 1.82) is 0 Å². The van der Waals surface area contributed by atoms with Crippen molar-refractivity contribution in [3.05, 3.63) is 48.0 Å². The van der Waals surface area contributed by atoms with Gasteiger partial charge in [0.15, 0.2) is 0 Å². The first kappa shape index (κ1) is 17.8. The number of hydrogen-bond donors (Lipinski definition) is 1. The number of likely N-dealkylation sites (N-methyl/N-ethyl adjacent to an activating group) is 1. The van der Waals surface area contributed by atoms with Gasteiger partial charge in [-0.15, -0.1) is 0 Å². The molecule has 0 aliphatic carbocycles. The number of fused-ring (bicyclic) bond motifs is 3. The number of nitrogens with zero attached hydrogens (tertiary/aromatic N) is 2. The lowest BCUT2D eigenvalue weighted by Gasteiger charge is -2.20. The predicted octanol–water partition coefficient (Wildman–Crippen LogP) is 2.33. The Morgan fingerprint density at radius 1 is 1.08 bits per heavy atom. The number of aliphatic hydroxyl groups is 1. The molecule has 3 rings (SSSR count). The highest BCUT2D eigenvalue weighted by atomic mass is 32.2. The lowest BCUT2D eigenvalue weighted by atomic mass is 10.1. The zero-order valence-electron chi connectivity index (χ0n) is 13.8. The van der Waals surface area contributed by atoms with E-state index in [2.05, 4.69) is 0 Å². The summed E-state index contributed by atoms with van der Waals surface area (Å²) in [5, 5.41) is 11.8. The maximum absolute atomic E-state index is 13.7. The Morgan fingerprint density at radius 2 is 1.56 bits per heavy atom. The van der Waals surface area contributed by atoms with Gasteiger partial charge in [0.1, 0.15) is 11.6 Å². The van der Waals surface area contributed by atoms with Gasteiger partial charge in [-0.2, -0.15) is 0 Å². The Balaban J connectivity index is 2.07. The van der Waals surface area contributed by atoms with Crippen molar-refractivity contribution >= 4 is 31.8 Å². The number of rotatable bonds is 5. The van der Waals surface area contributed by atoms with Crippen molar-refractivity contribution in [1.82, 2.24) is 8.87 Å². The third kappa shape index (κ3) is 3.51. The fraction of sp³-hybridized carbons (Fsp3) is 0.294. The molecule has 0 saturated carbocycles. The van der Waals surface area contributed by atoms with E-state index in [-0.39, 0.29) is 13.1 Å². The van der Waals surface area contributed by atoms with Crippen molar-refractivity contribution < 1.29 is 22.3 Å². The summed E-state index contributed by atoms with van der Waals surface area (Å²) in [5.74, 6) is -0.889. The summed E-state index contributed by atoms with van der Waals surface area (Å²) in [4.78, 5) is 0. The third-order valence-corrected chi connectivity index (χ3v) is 5.50. The first-order chi connectivity index (χ1) is 11.7. The Labute approximate surface area is 144 Å². The molecule has 1 atom stereocenters. The highest BCUT2D eigenvalue weighted by Crippen LogP contribution is 2.30. The number of benzene rings is 2. The van der Waals surface area contributed by atoms with Crippen LogP contribution in [0.3, 0.4) is 0 Å². The van der Waals surface area contributed by atoms with E-state index in [1.165, 1.54) is 31.3 Å². The molecule has 0 bridgehead atoms. The summed E-state index contributed by atoms with van der Waals surface area (Å²) >= 11 is 0. The molecule has 0 spiro atoms. The molecule has 0 fully saturated rings. The highest BCUT2D eigenvalue weighted by Gasteiger charge is 2.19. The van der Waals surface area contributed by atoms with Gasteiger partial charge in [-0.1, -0.05) is 0 Å². The van der Waals surface area contributed by atoms with Crippen LogP contribution in [0, 0.1) is 11.6 Å². The minimum atomic E-state index is -3.43. The third-order valence-electron chi connectivity index (χ3n) is 4.22. The van der Waals surface area contributed by atoms with Gasteiger partial charge < -0.3 is 9.67 Å². The van der Waals surface area contributed by atoms with E-state index >= 15 is 0 Å². The van der Waals surface area contributed by atoms with Crippen LogP contribution in [-0.2, 0) is 16.6 Å². The van der Waals surface area contributed by atoms with Gasteiger partial charge in [0.2, 0.25) is 10.0 Å². The van der Waals surface area contributed by atoms with E-state index in [1.807, 2.05) is 0 Å². The van der Waals surface area contributed by atoms with E-state index in [9.17, 15) is 22.3 Å². The zero-order valence-corrected chi connectivity index (χ0v) is 14.6. The summed E-state index contributed by atoms with van der Waals surface area (Å²) in [5.41, 5.74) is 1.03.